The number of benzene rings is 1. The summed E-state index contributed by atoms with van der Waals surface area (Å²) in [5.74, 6) is 0.550. The molecule has 5 nitrogen and oxygen atoms in total. The zero-order chi connectivity index (χ0) is 13.8. The number of aromatic nitrogens is 2. The van der Waals surface area contributed by atoms with E-state index in [1.54, 1.807) is 12.1 Å². The van der Waals surface area contributed by atoms with Gasteiger partial charge in [0.1, 0.15) is 0 Å². The second-order valence-corrected chi connectivity index (χ2v) is 4.52. The molecule has 2 N–H and O–H groups in total. The molecule has 0 spiro atoms. The molecule has 6 heteroatoms. The van der Waals surface area contributed by atoms with Crippen LogP contribution in [0.1, 0.15) is 31.7 Å². The lowest BCUT2D eigenvalue weighted by atomic mass is 10.1. The Bertz CT molecular complexity index is 542. The van der Waals surface area contributed by atoms with Crippen molar-refractivity contribution < 1.29 is 13.5 Å². The van der Waals surface area contributed by atoms with Gasteiger partial charge in [-0.15, -0.1) is 10.2 Å². The molecule has 2 rings (SSSR count). The molecule has 0 saturated carbocycles. The minimum Gasteiger partial charge on any atom is -0.481 e. The minimum atomic E-state index is -0.430. The van der Waals surface area contributed by atoms with Crippen LogP contribution < -0.4 is 10.5 Å². The van der Waals surface area contributed by atoms with E-state index < -0.39 is 5.82 Å². The van der Waals surface area contributed by atoms with Crippen LogP contribution in [0, 0.1) is 11.7 Å². The van der Waals surface area contributed by atoms with Crippen molar-refractivity contribution in [2.45, 2.75) is 26.5 Å². The highest BCUT2D eigenvalue weighted by atomic mass is 19.1. The maximum Gasteiger partial charge on any atom is 0.253 e. The van der Waals surface area contributed by atoms with Crippen LogP contribution in [0.25, 0.3) is 0 Å². The standard InChI is InChI=1S/C13H16FN3O2/c1-8(2)12(15)13-17-16-11(19-13)7-18-10-6-4-3-5-9(10)14/h3-6,8,12H,7,15H2,1-2H3. The molecule has 0 aliphatic carbocycles. The fraction of sp³-hybridized carbons (Fsp3) is 0.385. The van der Waals surface area contributed by atoms with Crippen LogP contribution in [0.2, 0.25) is 0 Å². The van der Waals surface area contributed by atoms with Gasteiger partial charge in [-0.2, -0.15) is 0 Å². The van der Waals surface area contributed by atoms with E-state index in [0.717, 1.165) is 0 Å². The third kappa shape index (κ3) is 3.29. The Kier molecular flexibility index (Phi) is 4.11. The molecule has 0 aliphatic heterocycles. The van der Waals surface area contributed by atoms with E-state index in [9.17, 15) is 4.39 Å². The van der Waals surface area contributed by atoms with Crippen LogP contribution in [0.3, 0.4) is 0 Å². The normalized spacial score (nSPS) is 12.7. The summed E-state index contributed by atoms with van der Waals surface area (Å²) in [6.07, 6.45) is 0. The molecule has 0 bridgehead atoms. The van der Waals surface area contributed by atoms with Crippen molar-refractivity contribution in [1.29, 1.82) is 0 Å². The van der Waals surface area contributed by atoms with Gasteiger partial charge in [-0.05, 0) is 18.1 Å². The highest BCUT2D eigenvalue weighted by Crippen LogP contribution is 2.19. The molecule has 1 heterocycles. The van der Waals surface area contributed by atoms with E-state index in [1.165, 1.54) is 12.1 Å². The minimum absolute atomic E-state index is 0.0126. The average Bonchev–Trinajstić information content (AvgIpc) is 2.85. The summed E-state index contributed by atoms with van der Waals surface area (Å²) in [6.45, 7) is 3.94. The van der Waals surface area contributed by atoms with Gasteiger partial charge in [0.05, 0.1) is 6.04 Å². The SMILES string of the molecule is CC(C)C(N)c1nnc(COc2ccccc2F)o1. The molecule has 0 aliphatic rings. The Balaban J connectivity index is 1.99. The van der Waals surface area contributed by atoms with E-state index in [0.29, 0.717) is 5.89 Å². The highest BCUT2D eigenvalue weighted by Gasteiger charge is 2.18. The quantitative estimate of drug-likeness (QED) is 0.898. The van der Waals surface area contributed by atoms with Crippen LogP contribution >= 0.6 is 0 Å². The van der Waals surface area contributed by atoms with E-state index in [4.69, 9.17) is 14.9 Å². The Hall–Kier alpha value is -1.95. The van der Waals surface area contributed by atoms with E-state index in [-0.39, 0.29) is 30.2 Å². The van der Waals surface area contributed by atoms with E-state index >= 15 is 0 Å². The maximum absolute atomic E-state index is 13.3. The number of ether oxygens (including phenoxy) is 1. The summed E-state index contributed by atoms with van der Waals surface area (Å²) in [5, 5.41) is 7.68. The Morgan fingerprint density at radius 3 is 2.74 bits per heavy atom. The molecule has 1 atom stereocenters. The summed E-state index contributed by atoms with van der Waals surface area (Å²) in [6, 6.07) is 5.83. The van der Waals surface area contributed by atoms with E-state index in [1.807, 2.05) is 13.8 Å². The summed E-state index contributed by atoms with van der Waals surface area (Å²) in [5.41, 5.74) is 5.89. The van der Waals surface area contributed by atoms with Crippen molar-refractivity contribution in [2.75, 3.05) is 0 Å². The van der Waals surface area contributed by atoms with Crippen molar-refractivity contribution in [1.82, 2.24) is 10.2 Å². The number of nitrogens with two attached hydrogens (primary N) is 1. The summed E-state index contributed by atoms with van der Waals surface area (Å²) < 4.78 is 24.0. The molecular formula is C13H16FN3O2. The molecule has 1 aromatic carbocycles. The zero-order valence-corrected chi connectivity index (χ0v) is 10.8. The number of hydrogen-bond acceptors (Lipinski definition) is 5. The van der Waals surface area contributed by atoms with Gasteiger partial charge >= 0.3 is 0 Å². The first-order valence-electron chi connectivity index (χ1n) is 6.03. The predicted octanol–water partition coefficient (Wildman–Crippen LogP) is 2.44. The van der Waals surface area contributed by atoms with Crippen LogP contribution in [-0.4, -0.2) is 10.2 Å². The third-order valence-electron chi connectivity index (χ3n) is 2.67. The number of halogens is 1. The maximum atomic E-state index is 13.3. The van der Waals surface area contributed by atoms with Crippen molar-refractivity contribution in [3.8, 4) is 5.75 Å². The van der Waals surface area contributed by atoms with Gasteiger partial charge in [-0.25, -0.2) is 4.39 Å². The van der Waals surface area contributed by atoms with Crippen molar-refractivity contribution in [2.24, 2.45) is 11.7 Å². The molecular weight excluding hydrogens is 249 g/mol. The molecule has 0 fully saturated rings. The molecule has 0 saturated heterocycles. The van der Waals surface area contributed by atoms with Crippen LogP contribution in [0.4, 0.5) is 4.39 Å². The highest BCUT2D eigenvalue weighted by molar-refractivity contribution is 5.23. The van der Waals surface area contributed by atoms with Crippen molar-refractivity contribution in [3.63, 3.8) is 0 Å². The molecule has 2 aromatic rings. The number of hydrogen-bond donors (Lipinski definition) is 1. The van der Waals surface area contributed by atoms with Gasteiger partial charge in [0.15, 0.2) is 18.2 Å². The first-order chi connectivity index (χ1) is 9.08. The molecule has 0 radical (unpaired) electrons. The monoisotopic (exact) mass is 265 g/mol. The zero-order valence-electron chi connectivity index (χ0n) is 10.8. The second kappa shape index (κ2) is 5.79. The Morgan fingerprint density at radius 2 is 2.05 bits per heavy atom. The lowest BCUT2D eigenvalue weighted by Gasteiger charge is -2.09. The first kappa shape index (κ1) is 13.5. The number of rotatable bonds is 5. The first-order valence-corrected chi connectivity index (χ1v) is 6.03. The van der Waals surface area contributed by atoms with Crippen molar-refractivity contribution >= 4 is 0 Å². The Labute approximate surface area is 110 Å². The lowest BCUT2D eigenvalue weighted by Crippen LogP contribution is -2.16. The summed E-state index contributed by atoms with van der Waals surface area (Å²) in [4.78, 5) is 0. The third-order valence-corrected chi connectivity index (χ3v) is 2.67. The smallest absolute Gasteiger partial charge is 0.253 e. The Morgan fingerprint density at radius 1 is 1.32 bits per heavy atom. The molecule has 1 unspecified atom stereocenters. The van der Waals surface area contributed by atoms with Gasteiger partial charge in [-0.3, -0.25) is 0 Å². The van der Waals surface area contributed by atoms with Gasteiger partial charge in [0.2, 0.25) is 5.89 Å². The summed E-state index contributed by atoms with van der Waals surface area (Å²) >= 11 is 0. The van der Waals surface area contributed by atoms with Crippen LogP contribution in [0.5, 0.6) is 5.75 Å². The van der Waals surface area contributed by atoms with Crippen LogP contribution in [-0.2, 0) is 6.61 Å². The second-order valence-electron chi connectivity index (χ2n) is 4.52. The average molecular weight is 265 g/mol. The topological polar surface area (TPSA) is 74.2 Å². The van der Waals surface area contributed by atoms with Crippen molar-refractivity contribution in [3.05, 3.63) is 41.9 Å². The molecule has 1 aromatic heterocycles. The van der Waals surface area contributed by atoms with Gasteiger partial charge in [-0.1, -0.05) is 26.0 Å². The summed E-state index contributed by atoms with van der Waals surface area (Å²) in [7, 11) is 0. The fourth-order valence-corrected chi connectivity index (χ4v) is 1.45. The number of para-hydroxylation sites is 1. The molecule has 102 valence electrons. The number of nitrogens with zero attached hydrogens (tertiary/aromatic N) is 2. The fourth-order valence-electron chi connectivity index (χ4n) is 1.45. The van der Waals surface area contributed by atoms with Gasteiger partial charge < -0.3 is 14.9 Å². The molecule has 0 amide bonds. The van der Waals surface area contributed by atoms with Gasteiger partial charge in [0.25, 0.3) is 5.89 Å². The molecule has 19 heavy (non-hydrogen) atoms. The largest absolute Gasteiger partial charge is 0.481 e. The van der Waals surface area contributed by atoms with Gasteiger partial charge in [0, 0.05) is 0 Å². The lowest BCUT2D eigenvalue weighted by molar-refractivity contribution is 0.243. The predicted molar refractivity (Wildman–Crippen MR) is 66.8 cm³/mol. The van der Waals surface area contributed by atoms with Crippen LogP contribution in [0.15, 0.2) is 28.7 Å². The van der Waals surface area contributed by atoms with E-state index in [2.05, 4.69) is 10.2 Å².